The topological polar surface area (TPSA) is 64.4 Å². The second-order valence-corrected chi connectivity index (χ2v) is 2.18. The summed E-state index contributed by atoms with van der Waals surface area (Å²) in [5.41, 5.74) is 0.988. The van der Waals surface area contributed by atoms with Gasteiger partial charge < -0.3 is 14.4 Å². The van der Waals surface area contributed by atoms with Gasteiger partial charge in [0, 0.05) is 18.1 Å². The van der Waals surface area contributed by atoms with Crippen molar-refractivity contribution in [2.24, 2.45) is 0 Å². The second-order valence-electron chi connectivity index (χ2n) is 2.18. The number of carboxylic acid groups (broad SMARTS) is 1. The van der Waals surface area contributed by atoms with Crippen molar-refractivity contribution in [1.82, 2.24) is 9.55 Å². The Morgan fingerprint density at radius 1 is 1.69 bits per heavy atom. The number of aromatic nitrogens is 2. The van der Waals surface area contributed by atoms with E-state index in [1.165, 1.54) is 0 Å². The largest absolute Gasteiger partial charge is 0.505 e. The van der Waals surface area contributed by atoms with Crippen LogP contribution in [0.2, 0.25) is 0 Å². The molecule has 72 valence electrons. The van der Waals surface area contributed by atoms with Gasteiger partial charge in [0.05, 0.1) is 13.4 Å². The number of methoxy groups -OCH3 is 1. The Bertz CT molecular complexity index is 267. The van der Waals surface area contributed by atoms with Crippen LogP contribution < -0.4 is 0 Å². The average molecular weight is 184 g/mol. The zero-order valence-corrected chi connectivity index (χ0v) is 7.60. The molecule has 0 radical (unpaired) electrons. The highest BCUT2D eigenvalue weighted by Gasteiger charge is 1.83. The number of imidazole rings is 1. The molecule has 0 spiro atoms. The fraction of sp³-hybridized carbons (Fsp3) is 0.250. The summed E-state index contributed by atoms with van der Waals surface area (Å²) in [5.74, 6) is 0. The van der Waals surface area contributed by atoms with Gasteiger partial charge in [0.15, 0.2) is 0 Å². The van der Waals surface area contributed by atoms with Gasteiger partial charge in [-0.05, 0) is 6.92 Å². The third-order valence-corrected chi connectivity index (χ3v) is 1.12. The van der Waals surface area contributed by atoms with Crippen molar-refractivity contribution >= 4 is 11.9 Å². The number of hydrogen-bond donors (Lipinski definition) is 1. The molecule has 1 rings (SSSR count). The highest BCUT2D eigenvalue weighted by atomic mass is 16.6. The van der Waals surface area contributed by atoms with Gasteiger partial charge in [-0.1, -0.05) is 6.58 Å². The molecule has 0 unspecified atom stereocenters. The third kappa shape index (κ3) is 5.49. The van der Waals surface area contributed by atoms with Gasteiger partial charge in [0.25, 0.3) is 0 Å². The molecule has 0 saturated heterocycles. The van der Waals surface area contributed by atoms with Crippen LogP contribution in [0.15, 0.2) is 25.3 Å². The Labute approximate surface area is 76.3 Å². The molecule has 0 aliphatic carbocycles. The fourth-order valence-electron chi connectivity index (χ4n) is 0.485. The van der Waals surface area contributed by atoms with Gasteiger partial charge in [0.1, 0.15) is 0 Å². The van der Waals surface area contributed by atoms with E-state index in [1.54, 1.807) is 12.5 Å². The summed E-state index contributed by atoms with van der Waals surface area (Å²) in [7, 11) is 1.10. The lowest BCUT2D eigenvalue weighted by molar-refractivity contribution is 0.114. The monoisotopic (exact) mass is 184 g/mol. The molecule has 0 fully saturated rings. The summed E-state index contributed by atoms with van der Waals surface area (Å²) in [4.78, 5) is 13.0. The van der Waals surface area contributed by atoms with Crippen LogP contribution in [0.3, 0.4) is 0 Å². The van der Waals surface area contributed by atoms with E-state index in [9.17, 15) is 0 Å². The van der Waals surface area contributed by atoms with Gasteiger partial charge in [-0.3, -0.25) is 0 Å². The third-order valence-electron chi connectivity index (χ3n) is 1.12. The summed E-state index contributed by atoms with van der Waals surface area (Å²) >= 11 is 0. The van der Waals surface area contributed by atoms with E-state index in [4.69, 9.17) is 9.90 Å². The molecular weight excluding hydrogens is 172 g/mol. The SMILES string of the molecule is C=C(C)n1ccnc1.COC(=O)O. The Hall–Kier alpha value is -1.78. The van der Waals surface area contributed by atoms with Crippen molar-refractivity contribution in [3.8, 4) is 0 Å². The van der Waals surface area contributed by atoms with E-state index < -0.39 is 6.16 Å². The van der Waals surface area contributed by atoms with Gasteiger partial charge in [-0.15, -0.1) is 0 Å². The van der Waals surface area contributed by atoms with Crippen molar-refractivity contribution in [3.63, 3.8) is 0 Å². The lowest BCUT2D eigenvalue weighted by atomic mass is 10.6. The number of allylic oxidation sites excluding steroid dienone is 1. The Morgan fingerprint density at radius 2 is 2.23 bits per heavy atom. The maximum atomic E-state index is 9.15. The van der Waals surface area contributed by atoms with E-state index in [0.717, 1.165) is 12.8 Å². The number of rotatable bonds is 1. The molecule has 1 aromatic rings. The van der Waals surface area contributed by atoms with Crippen LogP contribution in [0.4, 0.5) is 4.79 Å². The number of carbonyl (C=O) groups is 1. The number of ether oxygens (including phenoxy) is 1. The molecule has 1 aromatic heterocycles. The van der Waals surface area contributed by atoms with Crippen molar-refractivity contribution in [3.05, 3.63) is 25.3 Å². The Kier molecular flexibility index (Phi) is 5.02. The molecule has 0 bridgehead atoms. The first-order chi connectivity index (χ1) is 6.07. The van der Waals surface area contributed by atoms with Crippen LogP contribution in [0, 0.1) is 0 Å². The zero-order chi connectivity index (χ0) is 10.3. The summed E-state index contributed by atoms with van der Waals surface area (Å²) in [6, 6.07) is 0. The maximum absolute atomic E-state index is 9.15. The lowest BCUT2D eigenvalue weighted by Gasteiger charge is -1.94. The summed E-state index contributed by atoms with van der Waals surface area (Å²) in [5, 5.41) is 7.50. The molecule has 1 N–H and O–H groups in total. The first kappa shape index (κ1) is 11.2. The molecule has 1 heterocycles. The minimum atomic E-state index is -1.25. The standard InChI is InChI=1S/C6H8N2.C2H4O3/c1-6(2)8-4-3-7-5-8;1-5-2(3)4/h3-5H,1H2,2H3;1H3,(H,3,4). The molecule has 0 aliphatic heterocycles. The van der Waals surface area contributed by atoms with Crippen LogP contribution in [0.25, 0.3) is 5.70 Å². The van der Waals surface area contributed by atoms with E-state index in [0.29, 0.717) is 0 Å². The molecule has 5 nitrogen and oxygen atoms in total. The molecule has 0 saturated carbocycles. The minimum absolute atomic E-state index is 0.988. The number of nitrogens with zero attached hydrogens (tertiary/aromatic N) is 2. The molecule has 0 atom stereocenters. The Morgan fingerprint density at radius 3 is 2.38 bits per heavy atom. The van der Waals surface area contributed by atoms with Crippen molar-refractivity contribution in [1.29, 1.82) is 0 Å². The Balaban J connectivity index is 0.000000252. The molecule has 13 heavy (non-hydrogen) atoms. The van der Waals surface area contributed by atoms with Gasteiger partial charge >= 0.3 is 6.16 Å². The highest BCUT2D eigenvalue weighted by molar-refractivity contribution is 5.56. The molecule has 0 aromatic carbocycles. The van der Waals surface area contributed by atoms with Crippen LogP contribution in [-0.4, -0.2) is 27.9 Å². The maximum Gasteiger partial charge on any atom is 0.505 e. The molecule has 0 aliphatic rings. The van der Waals surface area contributed by atoms with Gasteiger partial charge in [0.2, 0.25) is 0 Å². The zero-order valence-electron chi connectivity index (χ0n) is 7.60. The molecule has 5 heteroatoms. The first-order valence-electron chi connectivity index (χ1n) is 3.48. The van der Waals surface area contributed by atoms with Crippen molar-refractivity contribution in [2.75, 3.05) is 7.11 Å². The van der Waals surface area contributed by atoms with Crippen LogP contribution >= 0.6 is 0 Å². The summed E-state index contributed by atoms with van der Waals surface area (Å²) < 4.78 is 5.53. The van der Waals surface area contributed by atoms with E-state index in [1.807, 2.05) is 17.7 Å². The van der Waals surface area contributed by atoms with Crippen LogP contribution in [0.5, 0.6) is 0 Å². The van der Waals surface area contributed by atoms with Gasteiger partial charge in [-0.2, -0.15) is 0 Å². The second kappa shape index (κ2) is 5.82. The van der Waals surface area contributed by atoms with E-state index in [-0.39, 0.29) is 0 Å². The summed E-state index contributed by atoms with van der Waals surface area (Å²) in [6.45, 7) is 5.65. The van der Waals surface area contributed by atoms with Crippen molar-refractivity contribution in [2.45, 2.75) is 6.92 Å². The van der Waals surface area contributed by atoms with Crippen LogP contribution in [-0.2, 0) is 4.74 Å². The summed E-state index contributed by atoms with van der Waals surface area (Å²) in [6.07, 6.45) is 4.07. The first-order valence-corrected chi connectivity index (χ1v) is 3.48. The van der Waals surface area contributed by atoms with Crippen LogP contribution in [0.1, 0.15) is 6.92 Å². The van der Waals surface area contributed by atoms with E-state index >= 15 is 0 Å². The smallest absolute Gasteiger partial charge is 0.450 e. The highest BCUT2D eigenvalue weighted by Crippen LogP contribution is 1.95. The quantitative estimate of drug-likeness (QED) is 0.674. The minimum Gasteiger partial charge on any atom is -0.450 e. The van der Waals surface area contributed by atoms with E-state index in [2.05, 4.69) is 16.3 Å². The van der Waals surface area contributed by atoms with Crippen molar-refractivity contribution < 1.29 is 14.6 Å². The van der Waals surface area contributed by atoms with Gasteiger partial charge in [-0.25, -0.2) is 9.78 Å². The predicted molar refractivity (Wildman–Crippen MR) is 48.3 cm³/mol. The predicted octanol–water partition coefficient (Wildman–Crippen LogP) is 1.68. The average Bonchev–Trinajstić information content (AvgIpc) is 2.57. The molecule has 0 amide bonds. The lowest BCUT2D eigenvalue weighted by Crippen LogP contribution is -1.91. The number of hydrogen-bond acceptors (Lipinski definition) is 3. The normalized spacial score (nSPS) is 8.15. The molecular formula is C8H12N2O3. The fourth-order valence-corrected chi connectivity index (χ4v) is 0.485.